The Morgan fingerprint density at radius 2 is 1.71 bits per heavy atom. The molecule has 1 N–H and O–H groups in total. The second-order valence-corrected chi connectivity index (χ2v) is 8.48. The van der Waals surface area contributed by atoms with Crippen LogP contribution in [0.25, 0.3) is 0 Å². The van der Waals surface area contributed by atoms with Gasteiger partial charge in [-0.25, -0.2) is 8.42 Å². The number of hydrogen-bond acceptors (Lipinski definition) is 5. The number of nitrogens with one attached hydrogen (secondary N) is 1. The number of carbonyl (C=O) groups is 1. The summed E-state index contributed by atoms with van der Waals surface area (Å²) in [5, 5.41) is 2.88. The highest BCUT2D eigenvalue weighted by Crippen LogP contribution is 2.31. The molecule has 28 heavy (non-hydrogen) atoms. The van der Waals surface area contributed by atoms with E-state index in [-0.39, 0.29) is 16.7 Å². The van der Waals surface area contributed by atoms with Crippen LogP contribution in [0.3, 0.4) is 0 Å². The molecule has 7 nitrogen and oxygen atoms in total. The zero-order valence-corrected chi connectivity index (χ0v) is 16.7. The summed E-state index contributed by atoms with van der Waals surface area (Å²) < 4.78 is 37.3. The second kappa shape index (κ2) is 8.62. The van der Waals surface area contributed by atoms with Gasteiger partial charge in [-0.15, -0.1) is 0 Å². The number of sulfonamides is 1. The first-order valence-corrected chi connectivity index (χ1v) is 10.5. The van der Waals surface area contributed by atoms with Crippen molar-refractivity contribution in [2.75, 3.05) is 32.6 Å². The number of carbonyl (C=O) groups excluding carboxylic acids is 1. The van der Waals surface area contributed by atoms with Crippen LogP contribution in [-0.2, 0) is 14.8 Å². The van der Waals surface area contributed by atoms with Crippen LogP contribution in [0.2, 0.25) is 0 Å². The van der Waals surface area contributed by atoms with E-state index < -0.39 is 10.0 Å². The second-order valence-electron chi connectivity index (χ2n) is 6.55. The molecule has 150 valence electrons. The van der Waals surface area contributed by atoms with Gasteiger partial charge in [0.2, 0.25) is 15.9 Å². The Hall–Kier alpha value is -2.58. The predicted octanol–water partition coefficient (Wildman–Crippen LogP) is 2.74. The molecule has 1 amide bonds. The summed E-state index contributed by atoms with van der Waals surface area (Å²) in [5.41, 5.74) is 0.563. The third kappa shape index (κ3) is 4.28. The lowest BCUT2D eigenvalue weighted by molar-refractivity contribution is -0.120. The van der Waals surface area contributed by atoms with E-state index in [1.807, 2.05) is 0 Å². The third-order valence-corrected chi connectivity index (χ3v) is 6.79. The van der Waals surface area contributed by atoms with Crippen molar-refractivity contribution < 1.29 is 22.7 Å². The van der Waals surface area contributed by atoms with Gasteiger partial charge in [-0.05, 0) is 37.1 Å². The van der Waals surface area contributed by atoms with Crippen LogP contribution < -0.4 is 14.8 Å². The minimum Gasteiger partial charge on any atom is -0.497 e. The standard InChI is InChI=1S/C20H24N2O5S/c1-26-16-8-9-18(19(14-16)27-2)21-20(23)15-10-12-22(13-11-15)28(24,25)17-6-4-3-5-7-17/h3-9,14-15H,10-13H2,1-2H3,(H,21,23). The van der Waals surface area contributed by atoms with E-state index in [1.165, 1.54) is 11.4 Å². The van der Waals surface area contributed by atoms with Crippen molar-refractivity contribution in [2.24, 2.45) is 5.92 Å². The average Bonchev–Trinajstić information content (AvgIpc) is 2.74. The van der Waals surface area contributed by atoms with Gasteiger partial charge in [0, 0.05) is 25.1 Å². The molecule has 8 heteroatoms. The van der Waals surface area contributed by atoms with E-state index in [9.17, 15) is 13.2 Å². The minimum atomic E-state index is -3.52. The van der Waals surface area contributed by atoms with E-state index in [4.69, 9.17) is 9.47 Å². The summed E-state index contributed by atoms with van der Waals surface area (Å²) in [4.78, 5) is 12.9. The lowest BCUT2D eigenvalue weighted by Crippen LogP contribution is -2.41. The number of piperidine rings is 1. The highest BCUT2D eigenvalue weighted by atomic mass is 32.2. The van der Waals surface area contributed by atoms with E-state index in [0.29, 0.717) is 43.1 Å². The van der Waals surface area contributed by atoms with Gasteiger partial charge in [-0.3, -0.25) is 4.79 Å². The van der Waals surface area contributed by atoms with Crippen LogP contribution in [0.5, 0.6) is 11.5 Å². The van der Waals surface area contributed by atoms with Crippen LogP contribution >= 0.6 is 0 Å². The van der Waals surface area contributed by atoms with Crippen molar-refractivity contribution in [3.8, 4) is 11.5 Å². The Morgan fingerprint density at radius 1 is 1.04 bits per heavy atom. The van der Waals surface area contributed by atoms with Gasteiger partial charge in [0.1, 0.15) is 11.5 Å². The Bertz CT molecular complexity index is 923. The van der Waals surface area contributed by atoms with Crippen LogP contribution in [0, 0.1) is 5.92 Å². The number of anilines is 1. The smallest absolute Gasteiger partial charge is 0.243 e. The normalized spacial score (nSPS) is 15.8. The van der Waals surface area contributed by atoms with Crippen molar-refractivity contribution in [1.82, 2.24) is 4.31 Å². The SMILES string of the molecule is COc1ccc(NC(=O)C2CCN(S(=O)(=O)c3ccccc3)CC2)c(OC)c1. The van der Waals surface area contributed by atoms with Gasteiger partial charge < -0.3 is 14.8 Å². The van der Waals surface area contributed by atoms with Crippen LogP contribution in [-0.4, -0.2) is 45.9 Å². The number of methoxy groups -OCH3 is 2. The first-order valence-electron chi connectivity index (χ1n) is 9.04. The van der Waals surface area contributed by atoms with Crippen LogP contribution in [0.4, 0.5) is 5.69 Å². The molecule has 0 aliphatic carbocycles. The Morgan fingerprint density at radius 3 is 2.32 bits per heavy atom. The first-order chi connectivity index (χ1) is 13.5. The first kappa shape index (κ1) is 20.2. The number of ether oxygens (including phenoxy) is 2. The predicted molar refractivity (Wildman–Crippen MR) is 106 cm³/mol. The summed E-state index contributed by atoms with van der Waals surface area (Å²) in [5.74, 6) is 0.750. The summed E-state index contributed by atoms with van der Waals surface area (Å²) in [6, 6.07) is 13.5. The molecule has 1 fully saturated rings. The fraction of sp³-hybridized carbons (Fsp3) is 0.350. The molecule has 1 aliphatic heterocycles. The largest absolute Gasteiger partial charge is 0.497 e. The molecule has 0 saturated carbocycles. The average molecular weight is 404 g/mol. The molecule has 0 unspecified atom stereocenters. The van der Waals surface area contributed by atoms with Gasteiger partial charge in [0.25, 0.3) is 0 Å². The molecule has 0 atom stereocenters. The maximum absolute atomic E-state index is 12.7. The van der Waals surface area contributed by atoms with Gasteiger partial charge in [0.05, 0.1) is 24.8 Å². The molecule has 0 bridgehead atoms. The summed E-state index contributed by atoms with van der Waals surface area (Å²) in [6.07, 6.45) is 0.937. The van der Waals surface area contributed by atoms with Gasteiger partial charge >= 0.3 is 0 Å². The highest BCUT2D eigenvalue weighted by molar-refractivity contribution is 7.89. The molecule has 1 heterocycles. The molecule has 1 aliphatic rings. The molecule has 2 aromatic rings. The van der Waals surface area contributed by atoms with Gasteiger partial charge in [-0.1, -0.05) is 18.2 Å². The van der Waals surface area contributed by atoms with E-state index in [0.717, 1.165) is 0 Å². The lowest BCUT2D eigenvalue weighted by atomic mass is 9.97. The fourth-order valence-corrected chi connectivity index (χ4v) is 4.73. The monoisotopic (exact) mass is 404 g/mol. The maximum Gasteiger partial charge on any atom is 0.243 e. The summed E-state index contributed by atoms with van der Waals surface area (Å²) >= 11 is 0. The van der Waals surface area contributed by atoms with Crippen molar-refractivity contribution >= 4 is 21.6 Å². The molecule has 0 spiro atoms. The number of hydrogen-bond donors (Lipinski definition) is 1. The number of nitrogens with zero attached hydrogens (tertiary/aromatic N) is 1. The van der Waals surface area contributed by atoms with Crippen molar-refractivity contribution in [1.29, 1.82) is 0 Å². The van der Waals surface area contributed by atoms with Gasteiger partial charge in [-0.2, -0.15) is 4.31 Å². The molecular weight excluding hydrogens is 380 g/mol. The van der Waals surface area contributed by atoms with E-state index in [2.05, 4.69) is 5.32 Å². The molecule has 0 aromatic heterocycles. The third-order valence-electron chi connectivity index (χ3n) is 4.87. The Kier molecular flexibility index (Phi) is 6.21. The number of benzene rings is 2. The van der Waals surface area contributed by atoms with Gasteiger partial charge in [0.15, 0.2) is 0 Å². The zero-order valence-electron chi connectivity index (χ0n) is 15.9. The lowest BCUT2D eigenvalue weighted by Gasteiger charge is -2.30. The van der Waals surface area contributed by atoms with Crippen molar-refractivity contribution in [3.05, 3.63) is 48.5 Å². The fourth-order valence-electron chi connectivity index (χ4n) is 3.24. The zero-order chi connectivity index (χ0) is 20.1. The topological polar surface area (TPSA) is 84.9 Å². The van der Waals surface area contributed by atoms with E-state index in [1.54, 1.807) is 55.6 Å². The molecule has 0 radical (unpaired) electrons. The van der Waals surface area contributed by atoms with Crippen LogP contribution in [0.1, 0.15) is 12.8 Å². The molecule has 2 aromatic carbocycles. The molecular formula is C20H24N2O5S. The number of amides is 1. The number of rotatable bonds is 6. The molecule has 3 rings (SSSR count). The van der Waals surface area contributed by atoms with Crippen molar-refractivity contribution in [3.63, 3.8) is 0 Å². The molecule has 1 saturated heterocycles. The maximum atomic E-state index is 12.7. The quantitative estimate of drug-likeness (QED) is 0.800. The minimum absolute atomic E-state index is 0.139. The van der Waals surface area contributed by atoms with E-state index >= 15 is 0 Å². The summed E-state index contributed by atoms with van der Waals surface area (Å²) in [7, 11) is -0.436. The Balaban J connectivity index is 1.63. The Labute approximate surface area is 165 Å². The van der Waals surface area contributed by atoms with Crippen molar-refractivity contribution in [2.45, 2.75) is 17.7 Å². The highest BCUT2D eigenvalue weighted by Gasteiger charge is 2.32. The van der Waals surface area contributed by atoms with Crippen LogP contribution in [0.15, 0.2) is 53.4 Å². The summed E-state index contributed by atoms with van der Waals surface area (Å²) in [6.45, 7) is 0.629.